The van der Waals surface area contributed by atoms with Gasteiger partial charge in [0.1, 0.15) is 5.75 Å². The smallest absolute Gasteiger partial charge is 0.191 e. The highest BCUT2D eigenvalue weighted by Gasteiger charge is 2.21. The molecule has 2 N–H and O–H groups in total. The lowest BCUT2D eigenvalue weighted by Gasteiger charge is -2.28. The van der Waals surface area contributed by atoms with Gasteiger partial charge in [-0.05, 0) is 51.4 Å². The van der Waals surface area contributed by atoms with Crippen LogP contribution in [0.1, 0.15) is 56.6 Å². The Balaban J connectivity index is 0.00000261. The molecule has 1 aromatic rings. The second-order valence-corrected chi connectivity index (χ2v) is 7.33. The summed E-state index contributed by atoms with van der Waals surface area (Å²) in [6.07, 6.45) is 8.94. The summed E-state index contributed by atoms with van der Waals surface area (Å²) in [7, 11) is 1.84. The molecule has 0 radical (unpaired) electrons. The zero-order valence-corrected chi connectivity index (χ0v) is 18.9. The number of guanidine groups is 1. The number of hydrogen-bond acceptors (Lipinski definition) is 3. The molecule has 1 atom stereocenters. The molecule has 5 nitrogen and oxygen atoms in total. The Bertz CT molecular complexity index is 575. The molecule has 152 valence electrons. The van der Waals surface area contributed by atoms with E-state index in [1.54, 1.807) is 0 Å². The maximum atomic E-state index is 5.74. The number of aliphatic imine (C=N–C) groups is 1. The van der Waals surface area contributed by atoms with Crippen LogP contribution >= 0.6 is 24.0 Å². The number of nitrogens with one attached hydrogen (secondary N) is 2. The van der Waals surface area contributed by atoms with E-state index >= 15 is 0 Å². The summed E-state index contributed by atoms with van der Waals surface area (Å²) < 4.78 is 5.74. The summed E-state index contributed by atoms with van der Waals surface area (Å²) >= 11 is 0. The summed E-state index contributed by atoms with van der Waals surface area (Å²) in [5.74, 6) is 1.88. The van der Waals surface area contributed by atoms with Crippen molar-refractivity contribution in [1.82, 2.24) is 15.5 Å². The molecule has 27 heavy (non-hydrogen) atoms. The van der Waals surface area contributed by atoms with Gasteiger partial charge in [-0.15, -0.1) is 24.0 Å². The predicted octanol–water partition coefficient (Wildman–Crippen LogP) is 3.95. The number of likely N-dealkylation sites (tertiary alicyclic amines) is 1. The fourth-order valence-corrected chi connectivity index (χ4v) is 3.88. The van der Waals surface area contributed by atoms with E-state index in [0.29, 0.717) is 0 Å². The summed E-state index contributed by atoms with van der Waals surface area (Å²) in [6, 6.07) is 8.55. The van der Waals surface area contributed by atoms with Crippen LogP contribution in [0.25, 0.3) is 0 Å². The van der Waals surface area contributed by atoms with E-state index in [9.17, 15) is 0 Å². The van der Waals surface area contributed by atoms with E-state index in [-0.39, 0.29) is 30.0 Å². The number of hydrogen-bond donors (Lipinski definition) is 2. The molecule has 1 fully saturated rings. The van der Waals surface area contributed by atoms with Gasteiger partial charge in [-0.25, -0.2) is 0 Å². The Labute approximate surface area is 181 Å². The van der Waals surface area contributed by atoms with Crippen molar-refractivity contribution in [3.05, 3.63) is 29.8 Å². The summed E-state index contributed by atoms with van der Waals surface area (Å²) in [5, 5.41) is 7.03. The minimum absolute atomic E-state index is 0. The molecule has 2 aliphatic heterocycles. The lowest BCUT2D eigenvalue weighted by molar-refractivity contribution is 0.224. The van der Waals surface area contributed by atoms with Gasteiger partial charge in [0.05, 0.1) is 12.6 Å². The second-order valence-electron chi connectivity index (χ2n) is 7.33. The zero-order valence-electron chi connectivity index (χ0n) is 16.6. The first kappa shape index (κ1) is 22.3. The minimum Gasteiger partial charge on any atom is -0.493 e. The van der Waals surface area contributed by atoms with Crippen LogP contribution < -0.4 is 15.4 Å². The van der Waals surface area contributed by atoms with Crippen LogP contribution in [0.3, 0.4) is 0 Å². The van der Waals surface area contributed by atoms with Gasteiger partial charge < -0.3 is 20.3 Å². The third-order valence-electron chi connectivity index (χ3n) is 5.39. The SMILES string of the molecule is CN=C(NCCCCCN1CCCCC1)NC1CCOc2ccccc21.I. The molecule has 0 bridgehead atoms. The monoisotopic (exact) mass is 486 g/mol. The van der Waals surface area contributed by atoms with Crippen LogP contribution in [0, 0.1) is 0 Å². The normalized spacial score (nSPS) is 20.2. The minimum atomic E-state index is 0. The average Bonchev–Trinajstić information content (AvgIpc) is 2.70. The number of halogens is 1. The van der Waals surface area contributed by atoms with Crippen LogP contribution in [0.2, 0.25) is 0 Å². The fraction of sp³-hybridized carbons (Fsp3) is 0.667. The number of ether oxygens (including phenoxy) is 1. The lowest BCUT2D eigenvalue weighted by Crippen LogP contribution is -2.41. The van der Waals surface area contributed by atoms with Crippen LogP contribution in [-0.4, -0.2) is 50.7 Å². The highest BCUT2D eigenvalue weighted by Crippen LogP contribution is 2.31. The highest BCUT2D eigenvalue weighted by molar-refractivity contribution is 14.0. The maximum Gasteiger partial charge on any atom is 0.191 e. The highest BCUT2D eigenvalue weighted by atomic mass is 127. The second kappa shape index (κ2) is 12.4. The number of nitrogens with zero attached hydrogens (tertiary/aromatic N) is 2. The van der Waals surface area contributed by atoms with Gasteiger partial charge in [0.25, 0.3) is 0 Å². The quantitative estimate of drug-likeness (QED) is 0.265. The molecule has 2 heterocycles. The number of unbranched alkanes of at least 4 members (excludes halogenated alkanes) is 2. The Morgan fingerprint density at radius 2 is 1.96 bits per heavy atom. The molecule has 0 aliphatic carbocycles. The topological polar surface area (TPSA) is 48.9 Å². The van der Waals surface area contributed by atoms with Crippen molar-refractivity contribution in [2.24, 2.45) is 4.99 Å². The first-order valence-corrected chi connectivity index (χ1v) is 10.3. The molecular formula is C21H35IN4O. The maximum absolute atomic E-state index is 5.74. The van der Waals surface area contributed by atoms with Gasteiger partial charge >= 0.3 is 0 Å². The van der Waals surface area contributed by atoms with E-state index in [2.05, 4.69) is 32.7 Å². The van der Waals surface area contributed by atoms with E-state index < -0.39 is 0 Å². The first-order valence-electron chi connectivity index (χ1n) is 10.3. The predicted molar refractivity (Wildman–Crippen MR) is 123 cm³/mol. The average molecular weight is 486 g/mol. The molecular weight excluding hydrogens is 451 g/mol. The third-order valence-corrected chi connectivity index (χ3v) is 5.39. The van der Waals surface area contributed by atoms with Crippen molar-refractivity contribution in [2.45, 2.75) is 51.0 Å². The molecule has 0 amide bonds. The van der Waals surface area contributed by atoms with Gasteiger partial charge in [0.2, 0.25) is 0 Å². The van der Waals surface area contributed by atoms with Crippen molar-refractivity contribution in [3.63, 3.8) is 0 Å². The number of para-hydroxylation sites is 1. The molecule has 0 saturated carbocycles. The molecule has 1 aromatic carbocycles. The van der Waals surface area contributed by atoms with Crippen molar-refractivity contribution in [3.8, 4) is 5.75 Å². The Morgan fingerprint density at radius 1 is 1.15 bits per heavy atom. The molecule has 1 saturated heterocycles. The van der Waals surface area contributed by atoms with Crippen LogP contribution in [0.4, 0.5) is 0 Å². The number of fused-ring (bicyclic) bond motifs is 1. The largest absolute Gasteiger partial charge is 0.493 e. The standard InChI is InChI=1S/C21H34N4O.HI/c1-22-21(23-13-6-2-7-14-25-15-8-3-9-16-25)24-19-12-17-26-20-11-5-4-10-18(19)20;/h4-5,10-11,19H,2-3,6-9,12-17H2,1H3,(H2,22,23,24);1H. The van der Waals surface area contributed by atoms with Crippen LogP contribution in [-0.2, 0) is 0 Å². The molecule has 1 unspecified atom stereocenters. The molecule has 2 aliphatic rings. The van der Waals surface area contributed by atoms with Gasteiger partial charge in [-0.3, -0.25) is 4.99 Å². The molecule has 0 aromatic heterocycles. The molecule has 0 spiro atoms. The summed E-state index contributed by atoms with van der Waals surface area (Å²) in [5.41, 5.74) is 1.23. The number of benzene rings is 1. The number of rotatable bonds is 7. The Morgan fingerprint density at radius 3 is 2.78 bits per heavy atom. The van der Waals surface area contributed by atoms with Crippen LogP contribution in [0.5, 0.6) is 5.75 Å². The Hall–Kier alpha value is -1.02. The zero-order chi connectivity index (χ0) is 18.0. The van der Waals surface area contributed by atoms with E-state index in [1.807, 2.05) is 19.2 Å². The van der Waals surface area contributed by atoms with Gasteiger partial charge in [0.15, 0.2) is 5.96 Å². The van der Waals surface area contributed by atoms with Gasteiger partial charge in [0, 0.05) is 25.6 Å². The van der Waals surface area contributed by atoms with E-state index in [4.69, 9.17) is 4.74 Å². The Kier molecular flexibility index (Phi) is 10.3. The summed E-state index contributed by atoms with van der Waals surface area (Å²) in [6.45, 7) is 5.61. The van der Waals surface area contributed by atoms with Crippen molar-refractivity contribution in [2.75, 3.05) is 39.8 Å². The fourth-order valence-electron chi connectivity index (χ4n) is 3.88. The van der Waals surface area contributed by atoms with Gasteiger partial charge in [-0.2, -0.15) is 0 Å². The third kappa shape index (κ3) is 7.14. The van der Waals surface area contributed by atoms with E-state index in [0.717, 1.165) is 31.3 Å². The molecule has 6 heteroatoms. The van der Waals surface area contributed by atoms with Crippen molar-refractivity contribution < 1.29 is 4.74 Å². The van der Waals surface area contributed by atoms with Crippen molar-refractivity contribution >= 4 is 29.9 Å². The van der Waals surface area contributed by atoms with Crippen molar-refractivity contribution in [1.29, 1.82) is 0 Å². The number of piperidine rings is 1. The van der Waals surface area contributed by atoms with Gasteiger partial charge in [-0.1, -0.05) is 31.0 Å². The van der Waals surface area contributed by atoms with E-state index in [1.165, 1.54) is 63.7 Å². The van der Waals surface area contributed by atoms with Crippen LogP contribution in [0.15, 0.2) is 29.3 Å². The lowest BCUT2D eigenvalue weighted by atomic mass is 10.0. The first-order chi connectivity index (χ1) is 12.9. The molecule has 3 rings (SSSR count). The summed E-state index contributed by atoms with van der Waals surface area (Å²) in [4.78, 5) is 7.02.